The Morgan fingerprint density at radius 2 is 1.76 bits per heavy atom. The van der Waals surface area contributed by atoms with Crippen molar-refractivity contribution in [3.63, 3.8) is 0 Å². The predicted molar refractivity (Wildman–Crippen MR) is 92.1 cm³/mol. The van der Waals surface area contributed by atoms with E-state index in [1.807, 2.05) is 0 Å². The molecule has 0 saturated carbocycles. The second-order valence-corrected chi connectivity index (χ2v) is 5.98. The van der Waals surface area contributed by atoms with E-state index in [9.17, 15) is 0 Å². The van der Waals surface area contributed by atoms with E-state index in [0.29, 0.717) is 6.04 Å². The number of benzene rings is 1. The van der Waals surface area contributed by atoms with Gasteiger partial charge < -0.3 is 0 Å². The quantitative estimate of drug-likeness (QED) is 0.513. The molecule has 0 fully saturated rings. The molecule has 3 heteroatoms. The third-order valence-corrected chi connectivity index (χ3v) is 4.95. The number of likely N-dealkylation sites (N-methyl/N-ethyl adjacent to an activating group) is 1. The average Bonchev–Trinajstić information content (AvgIpc) is 2.53. The van der Waals surface area contributed by atoms with Crippen LogP contribution >= 0.6 is 0 Å². The number of hydrogen-bond acceptors (Lipinski definition) is 3. The van der Waals surface area contributed by atoms with Crippen LogP contribution in [0, 0.1) is 0 Å². The zero-order chi connectivity index (χ0) is 15.7. The van der Waals surface area contributed by atoms with Gasteiger partial charge in [0.2, 0.25) is 0 Å². The van der Waals surface area contributed by atoms with Gasteiger partial charge in [-0.3, -0.25) is 16.2 Å². The van der Waals surface area contributed by atoms with Crippen LogP contribution < -0.4 is 11.3 Å². The van der Waals surface area contributed by atoms with Crippen LogP contribution in [0.15, 0.2) is 30.3 Å². The Morgan fingerprint density at radius 3 is 2.24 bits per heavy atom. The van der Waals surface area contributed by atoms with Crippen molar-refractivity contribution in [2.75, 3.05) is 13.1 Å². The van der Waals surface area contributed by atoms with Crippen LogP contribution in [-0.2, 0) is 6.42 Å². The summed E-state index contributed by atoms with van der Waals surface area (Å²) in [4.78, 5) is 2.53. The van der Waals surface area contributed by atoms with Crippen LogP contribution in [0.3, 0.4) is 0 Å². The number of rotatable bonds is 10. The van der Waals surface area contributed by atoms with Gasteiger partial charge in [-0.05, 0) is 51.3 Å². The lowest BCUT2D eigenvalue weighted by Gasteiger charge is -2.45. The maximum Gasteiger partial charge on any atom is 0.0392 e. The minimum atomic E-state index is 0.120. The summed E-state index contributed by atoms with van der Waals surface area (Å²) < 4.78 is 0. The highest BCUT2D eigenvalue weighted by molar-refractivity contribution is 5.14. The first-order chi connectivity index (χ1) is 10.1. The van der Waals surface area contributed by atoms with Gasteiger partial charge in [0.25, 0.3) is 0 Å². The highest BCUT2D eigenvalue weighted by atomic mass is 15.3. The summed E-state index contributed by atoms with van der Waals surface area (Å²) in [5.74, 6) is 5.88. The number of hydrazine groups is 1. The lowest BCUT2D eigenvalue weighted by atomic mass is 9.84. The fraction of sp³-hybridized carbons (Fsp3) is 0.667. The Hall–Kier alpha value is -0.900. The van der Waals surface area contributed by atoms with E-state index in [2.05, 4.69) is 68.4 Å². The van der Waals surface area contributed by atoms with Gasteiger partial charge in [-0.2, -0.15) is 0 Å². The van der Waals surface area contributed by atoms with Crippen molar-refractivity contribution < 1.29 is 0 Å². The first kappa shape index (κ1) is 18.1. The highest BCUT2D eigenvalue weighted by Crippen LogP contribution is 2.26. The predicted octanol–water partition coefficient (Wildman–Crippen LogP) is 3.35. The molecule has 2 atom stereocenters. The molecular formula is C18H33N3. The molecular weight excluding hydrogens is 258 g/mol. The topological polar surface area (TPSA) is 41.3 Å². The first-order valence-electron chi connectivity index (χ1n) is 8.37. The molecule has 0 bridgehead atoms. The SMILES string of the molecule is CCN(CC)C(C)(CC)C(CCCc1ccccc1)NN. The van der Waals surface area contributed by atoms with Crippen molar-refractivity contribution in [1.29, 1.82) is 0 Å². The molecule has 3 N–H and O–H groups in total. The first-order valence-corrected chi connectivity index (χ1v) is 8.37. The van der Waals surface area contributed by atoms with Gasteiger partial charge >= 0.3 is 0 Å². The minimum absolute atomic E-state index is 0.120. The molecule has 120 valence electrons. The Kier molecular flexibility index (Phi) is 7.94. The third-order valence-electron chi connectivity index (χ3n) is 4.95. The standard InChI is InChI=1S/C18H33N3/c1-5-18(4,21(6-2)7-3)17(20-19)15-11-14-16-12-9-8-10-13-16/h8-10,12-13,17,20H,5-7,11,14-15,19H2,1-4H3. The van der Waals surface area contributed by atoms with Crippen molar-refractivity contribution in [3.8, 4) is 0 Å². The van der Waals surface area contributed by atoms with E-state index in [4.69, 9.17) is 5.84 Å². The van der Waals surface area contributed by atoms with Gasteiger partial charge in [-0.15, -0.1) is 0 Å². The average molecular weight is 291 g/mol. The second kappa shape index (κ2) is 9.19. The molecule has 1 aromatic carbocycles. The van der Waals surface area contributed by atoms with Crippen molar-refractivity contribution in [3.05, 3.63) is 35.9 Å². The molecule has 0 radical (unpaired) electrons. The van der Waals surface area contributed by atoms with Crippen LogP contribution in [0.25, 0.3) is 0 Å². The van der Waals surface area contributed by atoms with Gasteiger partial charge in [-0.25, -0.2) is 0 Å². The molecule has 21 heavy (non-hydrogen) atoms. The van der Waals surface area contributed by atoms with Crippen LogP contribution in [0.5, 0.6) is 0 Å². The van der Waals surface area contributed by atoms with Crippen molar-refractivity contribution >= 4 is 0 Å². The van der Waals surface area contributed by atoms with Crippen molar-refractivity contribution in [2.24, 2.45) is 5.84 Å². The van der Waals surface area contributed by atoms with E-state index in [1.54, 1.807) is 0 Å². The highest BCUT2D eigenvalue weighted by Gasteiger charge is 2.35. The van der Waals surface area contributed by atoms with Crippen LogP contribution in [0.2, 0.25) is 0 Å². The fourth-order valence-electron chi connectivity index (χ4n) is 3.37. The fourth-order valence-corrected chi connectivity index (χ4v) is 3.37. The summed E-state index contributed by atoms with van der Waals surface area (Å²) in [7, 11) is 0. The summed E-state index contributed by atoms with van der Waals surface area (Å²) in [6, 6.07) is 11.0. The third kappa shape index (κ3) is 4.80. The van der Waals surface area contributed by atoms with E-state index in [0.717, 1.165) is 38.8 Å². The Morgan fingerprint density at radius 1 is 1.14 bits per heavy atom. The van der Waals surface area contributed by atoms with Crippen molar-refractivity contribution in [2.45, 2.75) is 65.0 Å². The summed E-state index contributed by atoms with van der Waals surface area (Å²) in [5.41, 5.74) is 4.62. The maximum absolute atomic E-state index is 5.88. The van der Waals surface area contributed by atoms with Crippen LogP contribution in [0.4, 0.5) is 0 Å². The van der Waals surface area contributed by atoms with Gasteiger partial charge in [0, 0.05) is 11.6 Å². The van der Waals surface area contributed by atoms with Gasteiger partial charge in [0.15, 0.2) is 0 Å². The normalized spacial score (nSPS) is 15.9. The molecule has 0 amide bonds. The number of nitrogens with two attached hydrogens (primary N) is 1. The molecule has 0 aliphatic carbocycles. The molecule has 2 unspecified atom stereocenters. The minimum Gasteiger partial charge on any atom is -0.297 e. The molecule has 0 aliphatic heterocycles. The maximum atomic E-state index is 5.88. The number of aryl methyl sites for hydroxylation is 1. The number of hydrogen-bond donors (Lipinski definition) is 2. The van der Waals surface area contributed by atoms with E-state index >= 15 is 0 Å². The van der Waals surface area contributed by atoms with Crippen LogP contribution in [-0.4, -0.2) is 29.6 Å². The van der Waals surface area contributed by atoms with E-state index in [-0.39, 0.29) is 5.54 Å². The van der Waals surface area contributed by atoms with Gasteiger partial charge in [0.05, 0.1) is 0 Å². The second-order valence-electron chi connectivity index (χ2n) is 5.98. The van der Waals surface area contributed by atoms with E-state index in [1.165, 1.54) is 5.56 Å². The Labute approximate surface area is 130 Å². The molecule has 0 heterocycles. The largest absolute Gasteiger partial charge is 0.297 e. The summed E-state index contributed by atoms with van der Waals surface area (Å²) in [6.45, 7) is 11.2. The van der Waals surface area contributed by atoms with Crippen molar-refractivity contribution in [1.82, 2.24) is 10.3 Å². The summed E-state index contributed by atoms with van der Waals surface area (Å²) in [6.07, 6.45) is 4.49. The van der Waals surface area contributed by atoms with E-state index < -0.39 is 0 Å². The summed E-state index contributed by atoms with van der Waals surface area (Å²) >= 11 is 0. The Balaban J connectivity index is 2.63. The lowest BCUT2D eigenvalue weighted by Crippen LogP contribution is -2.60. The molecule has 0 aromatic heterocycles. The lowest BCUT2D eigenvalue weighted by molar-refractivity contribution is 0.0659. The molecule has 3 nitrogen and oxygen atoms in total. The molecule has 1 rings (SSSR count). The van der Waals surface area contributed by atoms with Gasteiger partial charge in [-0.1, -0.05) is 51.1 Å². The molecule has 0 saturated heterocycles. The number of nitrogens with one attached hydrogen (secondary N) is 1. The van der Waals surface area contributed by atoms with Crippen LogP contribution in [0.1, 0.15) is 52.5 Å². The smallest absolute Gasteiger partial charge is 0.0392 e. The van der Waals surface area contributed by atoms with Gasteiger partial charge in [0.1, 0.15) is 0 Å². The molecule has 0 spiro atoms. The number of nitrogens with zero attached hydrogens (tertiary/aromatic N) is 1. The Bertz CT molecular complexity index is 375. The monoisotopic (exact) mass is 291 g/mol. The zero-order valence-corrected chi connectivity index (χ0v) is 14.2. The zero-order valence-electron chi connectivity index (χ0n) is 14.2. The molecule has 0 aliphatic rings. The molecule has 1 aromatic rings. The summed E-state index contributed by atoms with van der Waals surface area (Å²) in [5, 5.41) is 0.